The van der Waals surface area contributed by atoms with Gasteiger partial charge in [-0.1, -0.05) is 13.0 Å². The predicted octanol–water partition coefficient (Wildman–Crippen LogP) is 2.91. The van der Waals surface area contributed by atoms with E-state index in [1.165, 1.54) is 0 Å². The molecule has 0 saturated carbocycles. The Labute approximate surface area is 131 Å². The first-order valence-electron chi connectivity index (χ1n) is 6.99. The monoisotopic (exact) mass is 352 g/mol. The normalized spacial score (nSPS) is 15.0. The number of ether oxygens (including phenoxy) is 2. The molecule has 112 valence electrons. The third kappa shape index (κ3) is 2.78. The fourth-order valence-electron chi connectivity index (χ4n) is 2.42. The number of benzene rings is 1. The van der Waals surface area contributed by atoms with Gasteiger partial charge in [0.1, 0.15) is 19.3 Å². The van der Waals surface area contributed by atoms with Crippen molar-refractivity contribution in [2.75, 3.05) is 13.2 Å². The lowest BCUT2D eigenvalue weighted by atomic mass is 10.1. The second-order valence-corrected chi connectivity index (χ2v) is 5.76. The Morgan fingerprint density at radius 3 is 2.86 bits per heavy atom. The number of rotatable bonds is 4. The Kier molecular flexibility index (Phi) is 4.17. The molecule has 1 aliphatic rings. The fraction of sp³-hybridized carbons (Fsp3) is 0.400. The highest BCUT2D eigenvalue weighted by molar-refractivity contribution is 9.10. The lowest BCUT2D eigenvalue weighted by Gasteiger charge is -2.20. The van der Waals surface area contributed by atoms with E-state index in [-0.39, 0.29) is 0 Å². The number of hydrogen-bond acceptors (Lipinski definition) is 4. The van der Waals surface area contributed by atoms with Crippen molar-refractivity contribution in [3.05, 3.63) is 40.1 Å². The minimum atomic E-state index is -0.760. The van der Waals surface area contributed by atoms with Gasteiger partial charge in [0, 0.05) is 6.54 Å². The molecule has 1 aromatic heterocycles. The van der Waals surface area contributed by atoms with E-state index in [1.54, 1.807) is 6.20 Å². The molecule has 2 heterocycles. The van der Waals surface area contributed by atoms with Crippen LogP contribution in [0.2, 0.25) is 0 Å². The number of aryl methyl sites for hydroxylation is 1. The van der Waals surface area contributed by atoms with Crippen LogP contribution in [0.4, 0.5) is 0 Å². The fourth-order valence-corrected chi connectivity index (χ4v) is 2.93. The summed E-state index contributed by atoms with van der Waals surface area (Å²) in [6, 6.07) is 5.52. The van der Waals surface area contributed by atoms with E-state index >= 15 is 0 Å². The summed E-state index contributed by atoms with van der Waals surface area (Å²) in [5, 5.41) is 15.0. The Bertz CT molecular complexity index is 642. The van der Waals surface area contributed by atoms with E-state index < -0.39 is 6.10 Å². The van der Waals surface area contributed by atoms with Crippen LogP contribution in [-0.4, -0.2) is 28.1 Å². The zero-order valence-electron chi connectivity index (χ0n) is 11.8. The molecule has 0 fully saturated rings. The van der Waals surface area contributed by atoms with Crippen LogP contribution in [0.3, 0.4) is 0 Å². The predicted molar refractivity (Wildman–Crippen MR) is 81.7 cm³/mol. The summed E-state index contributed by atoms with van der Waals surface area (Å²) in [6.07, 6.45) is 1.91. The molecular formula is C15H17BrN2O3. The number of aromatic nitrogens is 2. The van der Waals surface area contributed by atoms with Gasteiger partial charge in [0.2, 0.25) is 0 Å². The maximum absolute atomic E-state index is 10.7. The van der Waals surface area contributed by atoms with E-state index in [4.69, 9.17) is 9.47 Å². The minimum Gasteiger partial charge on any atom is -0.486 e. The molecule has 21 heavy (non-hydrogen) atoms. The summed E-state index contributed by atoms with van der Waals surface area (Å²) in [6.45, 7) is 3.94. The highest BCUT2D eigenvalue weighted by atomic mass is 79.9. The number of aliphatic hydroxyl groups excluding tert-OH is 1. The van der Waals surface area contributed by atoms with E-state index in [2.05, 4.69) is 28.0 Å². The van der Waals surface area contributed by atoms with Gasteiger partial charge in [0.05, 0.1) is 16.4 Å². The van der Waals surface area contributed by atoms with E-state index in [1.807, 2.05) is 22.9 Å². The summed E-state index contributed by atoms with van der Waals surface area (Å²) in [4.78, 5) is 0. The Hall–Kier alpha value is -1.53. The first-order chi connectivity index (χ1) is 10.2. The SMILES string of the molecule is CCCn1ncc(Br)c1C(O)c1ccc2c(c1)OCCO2. The van der Waals surface area contributed by atoms with Gasteiger partial charge < -0.3 is 14.6 Å². The van der Waals surface area contributed by atoms with Gasteiger partial charge in [0.15, 0.2) is 11.5 Å². The molecule has 6 heteroatoms. The largest absolute Gasteiger partial charge is 0.486 e. The van der Waals surface area contributed by atoms with Crippen molar-refractivity contribution in [3.63, 3.8) is 0 Å². The number of halogens is 1. The Morgan fingerprint density at radius 2 is 2.10 bits per heavy atom. The first-order valence-corrected chi connectivity index (χ1v) is 7.78. The van der Waals surface area contributed by atoms with Gasteiger partial charge >= 0.3 is 0 Å². The molecule has 0 amide bonds. The summed E-state index contributed by atoms with van der Waals surface area (Å²) in [7, 11) is 0. The quantitative estimate of drug-likeness (QED) is 0.918. The lowest BCUT2D eigenvalue weighted by Crippen LogP contribution is -2.16. The van der Waals surface area contributed by atoms with Crippen molar-refractivity contribution in [3.8, 4) is 11.5 Å². The smallest absolute Gasteiger partial charge is 0.161 e. The van der Waals surface area contributed by atoms with Gasteiger partial charge in [0.25, 0.3) is 0 Å². The van der Waals surface area contributed by atoms with Crippen LogP contribution in [0.15, 0.2) is 28.9 Å². The summed E-state index contributed by atoms with van der Waals surface area (Å²) in [5.74, 6) is 1.40. The van der Waals surface area contributed by atoms with Crippen LogP contribution in [0.25, 0.3) is 0 Å². The van der Waals surface area contributed by atoms with E-state index in [0.717, 1.165) is 34.4 Å². The van der Waals surface area contributed by atoms with Crippen molar-refractivity contribution < 1.29 is 14.6 Å². The molecule has 0 radical (unpaired) electrons. The van der Waals surface area contributed by atoms with Crippen molar-refractivity contribution in [1.29, 1.82) is 0 Å². The molecule has 0 bridgehead atoms. The molecule has 3 rings (SSSR count). The second kappa shape index (κ2) is 6.07. The topological polar surface area (TPSA) is 56.5 Å². The molecule has 0 saturated heterocycles. The van der Waals surface area contributed by atoms with Crippen molar-refractivity contribution >= 4 is 15.9 Å². The van der Waals surface area contributed by atoms with Crippen LogP contribution in [0.1, 0.15) is 30.7 Å². The highest BCUT2D eigenvalue weighted by Crippen LogP contribution is 2.35. The first kappa shape index (κ1) is 14.4. The van der Waals surface area contributed by atoms with Crippen LogP contribution in [0, 0.1) is 0 Å². The summed E-state index contributed by atoms with van der Waals surface area (Å²) < 4.78 is 13.7. The van der Waals surface area contributed by atoms with Crippen molar-refractivity contribution in [1.82, 2.24) is 9.78 Å². The Morgan fingerprint density at radius 1 is 1.33 bits per heavy atom. The average molecular weight is 353 g/mol. The standard InChI is InChI=1S/C15H17BrN2O3/c1-2-5-18-14(11(16)9-17-18)15(19)10-3-4-12-13(8-10)21-7-6-20-12/h3-4,8-9,15,19H,2,5-7H2,1H3. The van der Waals surface area contributed by atoms with Gasteiger partial charge in [-0.05, 0) is 40.0 Å². The third-order valence-electron chi connectivity index (χ3n) is 3.41. The molecule has 0 aliphatic carbocycles. The molecule has 1 aliphatic heterocycles. The lowest BCUT2D eigenvalue weighted by molar-refractivity contribution is 0.169. The second-order valence-electron chi connectivity index (χ2n) is 4.91. The van der Waals surface area contributed by atoms with Crippen LogP contribution >= 0.6 is 15.9 Å². The molecule has 1 unspecified atom stereocenters. The molecule has 1 aromatic carbocycles. The molecule has 2 aromatic rings. The molecule has 0 spiro atoms. The maximum Gasteiger partial charge on any atom is 0.161 e. The highest BCUT2D eigenvalue weighted by Gasteiger charge is 2.21. The van der Waals surface area contributed by atoms with Crippen LogP contribution < -0.4 is 9.47 Å². The van der Waals surface area contributed by atoms with E-state index in [0.29, 0.717) is 19.0 Å². The third-order valence-corrected chi connectivity index (χ3v) is 4.02. The number of hydrogen-bond donors (Lipinski definition) is 1. The number of fused-ring (bicyclic) bond motifs is 1. The zero-order chi connectivity index (χ0) is 14.8. The molecule has 1 N–H and O–H groups in total. The molecular weight excluding hydrogens is 336 g/mol. The Balaban J connectivity index is 1.95. The van der Waals surface area contributed by atoms with Crippen LogP contribution in [-0.2, 0) is 6.54 Å². The van der Waals surface area contributed by atoms with Gasteiger partial charge in [-0.25, -0.2) is 0 Å². The van der Waals surface area contributed by atoms with E-state index in [9.17, 15) is 5.11 Å². The summed E-state index contributed by atoms with van der Waals surface area (Å²) in [5.41, 5.74) is 1.52. The van der Waals surface area contributed by atoms with Crippen LogP contribution in [0.5, 0.6) is 11.5 Å². The maximum atomic E-state index is 10.7. The van der Waals surface area contributed by atoms with Gasteiger partial charge in [-0.3, -0.25) is 4.68 Å². The molecule has 5 nitrogen and oxygen atoms in total. The number of nitrogens with zero attached hydrogens (tertiary/aromatic N) is 2. The zero-order valence-corrected chi connectivity index (χ0v) is 13.3. The van der Waals surface area contributed by atoms with Crippen molar-refractivity contribution in [2.45, 2.75) is 26.0 Å². The minimum absolute atomic E-state index is 0.532. The van der Waals surface area contributed by atoms with Gasteiger partial charge in [-0.2, -0.15) is 5.10 Å². The number of aliphatic hydroxyl groups is 1. The average Bonchev–Trinajstić information content (AvgIpc) is 2.87. The summed E-state index contributed by atoms with van der Waals surface area (Å²) >= 11 is 3.46. The van der Waals surface area contributed by atoms with Gasteiger partial charge in [-0.15, -0.1) is 0 Å². The molecule has 1 atom stereocenters. The van der Waals surface area contributed by atoms with Crippen molar-refractivity contribution in [2.24, 2.45) is 0 Å².